The zero-order chi connectivity index (χ0) is 50.2. The van der Waals surface area contributed by atoms with Gasteiger partial charge >= 0.3 is 5.97 Å². The molecular formula is C55H96O14. The molecule has 400 valence electrons. The molecule has 2 aliphatic rings. The monoisotopic (exact) mass is 981 g/mol. The molecule has 0 aromatic carbocycles. The van der Waals surface area contributed by atoms with Crippen LogP contribution in [0.4, 0.5) is 0 Å². The van der Waals surface area contributed by atoms with E-state index in [1.807, 2.05) is 0 Å². The van der Waals surface area contributed by atoms with Crippen molar-refractivity contribution in [2.45, 2.75) is 248 Å². The van der Waals surface area contributed by atoms with Crippen LogP contribution in [-0.2, 0) is 33.2 Å². The van der Waals surface area contributed by atoms with Crippen molar-refractivity contribution < 1.29 is 69.0 Å². The van der Waals surface area contributed by atoms with Crippen LogP contribution in [0.3, 0.4) is 0 Å². The minimum atomic E-state index is -1.71. The van der Waals surface area contributed by atoms with E-state index in [0.717, 1.165) is 83.5 Å². The normalized spacial score (nSPS) is 26.2. The van der Waals surface area contributed by atoms with E-state index in [4.69, 9.17) is 28.4 Å². The fraction of sp³-hybridized carbons (Fsp3) is 0.800. The lowest BCUT2D eigenvalue weighted by molar-refractivity contribution is -0.332. The number of carbonyl (C=O) groups is 1. The van der Waals surface area contributed by atoms with E-state index in [-0.39, 0.29) is 19.6 Å². The van der Waals surface area contributed by atoms with Gasteiger partial charge in [-0.2, -0.15) is 0 Å². The van der Waals surface area contributed by atoms with Gasteiger partial charge in [0.25, 0.3) is 0 Å². The maximum atomic E-state index is 13.0. The van der Waals surface area contributed by atoms with Crippen LogP contribution in [0.25, 0.3) is 0 Å². The Balaban J connectivity index is 1.76. The molecule has 0 saturated carbocycles. The number of aliphatic hydroxyl groups is 7. The summed E-state index contributed by atoms with van der Waals surface area (Å²) in [6.45, 7) is 3.58. The van der Waals surface area contributed by atoms with E-state index in [1.54, 1.807) is 0 Å². The highest BCUT2D eigenvalue weighted by molar-refractivity contribution is 5.69. The first kappa shape index (κ1) is 62.8. The molecule has 2 fully saturated rings. The van der Waals surface area contributed by atoms with E-state index in [2.05, 4.69) is 74.6 Å². The Morgan fingerprint density at radius 2 is 0.899 bits per heavy atom. The Morgan fingerprint density at radius 3 is 1.41 bits per heavy atom. The molecule has 14 nitrogen and oxygen atoms in total. The van der Waals surface area contributed by atoms with Crippen molar-refractivity contribution in [2.75, 3.05) is 33.0 Å². The van der Waals surface area contributed by atoms with Crippen LogP contribution in [0.5, 0.6) is 0 Å². The summed E-state index contributed by atoms with van der Waals surface area (Å²) in [6, 6.07) is 0. The summed E-state index contributed by atoms with van der Waals surface area (Å²) in [7, 11) is 0. The van der Waals surface area contributed by atoms with E-state index in [9.17, 15) is 40.5 Å². The molecule has 0 amide bonds. The van der Waals surface area contributed by atoms with Crippen LogP contribution in [-0.4, -0.2) is 142 Å². The Kier molecular flexibility index (Phi) is 38.4. The minimum absolute atomic E-state index is 0.0467. The second kappa shape index (κ2) is 42.2. The van der Waals surface area contributed by atoms with Crippen LogP contribution >= 0.6 is 0 Å². The van der Waals surface area contributed by atoms with Crippen molar-refractivity contribution in [1.29, 1.82) is 0 Å². The largest absolute Gasteiger partial charge is 0.457 e. The smallest absolute Gasteiger partial charge is 0.306 e. The van der Waals surface area contributed by atoms with Crippen molar-refractivity contribution >= 4 is 5.97 Å². The molecule has 2 heterocycles. The lowest BCUT2D eigenvalue weighted by atomic mass is 9.98. The molecule has 0 aliphatic carbocycles. The Hall–Kier alpha value is -2.31. The highest BCUT2D eigenvalue weighted by atomic mass is 16.7. The molecule has 2 saturated heterocycles. The number of esters is 1. The van der Waals surface area contributed by atoms with E-state index in [1.165, 1.54) is 70.6 Å². The van der Waals surface area contributed by atoms with Gasteiger partial charge in [-0.1, -0.05) is 152 Å². The number of hydrogen-bond donors (Lipinski definition) is 7. The first-order valence-corrected chi connectivity index (χ1v) is 26.9. The summed E-state index contributed by atoms with van der Waals surface area (Å²) in [4.78, 5) is 13.0. The van der Waals surface area contributed by atoms with Crippen molar-refractivity contribution in [3.63, 3.8) is 0 Å². The quantitative estimate of drug-likeness (QED) is 0.0174. The van der Waals surface area contributed by atoms with Crippen LogP contribution < -0.4 is 0 Å². The number of ether oxygens (including phenoxy) is 6. The van der Waals surface area contributed by atoms with Crippen molar-refractivity contribution in [1.82, 2.24) is 0 Å². The summed E-state index contributed by atoms with van der Waals surface area (Å²) >= 11 is 0. The number of aliphatic hydroxyl groups excluding tert-OH is 7. The molecule has 0 aromatic heterocycles. The van der Waals surface area contributed by atoms with Gasteiger partial charge in [0.1, 0.15) is 54.9 Å². The predicted octanol–water partition coefficient (Wildman–Crippen LogP) is 8.52. The fourth-order valence-corrected chi connectivity index (χ4v) is 8.09. The van der Waals surface area contributed by atoms with Gasteiger partial charge in [-0.05, 0) is 83.5 Å². The Bertz CT molecular complexity index is 1370. The van der Waals surface area contributed by atoms with E-state index < -0.39 is 86.7 Å². The van der Waals surface area contributed by atoms with Gasteiger partial charge in [-0.25, -0.2) is 0 Å². The molecule has 11 unspecified atom stereocenters. The summed E-state index contributed by atoms with van der Waals surface area (Å²) < 4.78 is 34.3. The maximum absolute atomic E-state index is 13.0. The van der Waals surface area contributed by atoms with Crippen LogP contribution in [0.2, 0.25) is 0 Å². The van der Waals surface area contributed by atoms with Crippen LogP contribution in [0.15, 0.2) is 60.8 Å². The standard InChI is InChI=1S/C55H96O14/c1-3-5-7-9-11-13-15-17-19-20-21-22-23-25-27-29-31-33-35-37-39-64-41-44(67-47(57)38-36-34-32-30-28-26-24-18-16-14-12-10-8-6-4-2)42-65-54-53(63)51(61)49(59)46(69-54)43-66-55-52(62)50(60)48(58)45(40-56)68-55/h11-14,17-19,21-22,24,44-46,48-56,58-63H,3-10,15-16,20,23,25-43H2,1-2H3/b13-11-,14-12-,19-17-,22-21-,24-18-. The molecule has 0 bridgehead atoms. The molecule has 69 heavy (non-hydrogen) atoms. The second-order valence-electron chi connectivity index (χ2n) is 18.7. The van der Waals surface area contributed by atoms with Gasteiger partial charge in [-0.3, -0.25) is 4.79 Å². The van der Waals surface area contributed by atoms with Gasteiger partial charge < -0.3 is 64.2 Å². The SMILES string of the molecule is CCCCC/C=C\C/C=C\C/C=C\CCCCCCCCCOCC(COC1OC(COC2OC(CO)C(O)C(O)C2O)C(O)C(O)C1O)OC(=O)CCCCCCC/C=C\C/C=C\CCCCC. The van der Waals surface area contributed by atoms with Gasteiger partial charge in [0, 0.05) is 13.0 Å². The van der Waals surface area contributed by atoms with Gasteiger partial charge in [0.2, 0.25) is 0 Å². The Labute approximate surface area is 415 Å². The minimum Gasteiger partial charge on any atom is -0.457 e. The third-order valence-corrected chi connectivity index (χ3v) is 12.5. The molecule has 2 aliphatic heterocycles. The topological polar surface area (TPSA) is 214 Å². The van der Waals surface area contributed by atoms with Gasteiger partial charge in [0.05, 0.1) is 26.4 Å². The zero-order valence-corrected chi connectivity index (χ0v) is 42.5. The molecule has 14 heteroatoms. The third-order valence-electron chi connectivity index (χ3n) is 12.5. The number of unbranched alkanes of at least 4 members (excludes halogenated alkanes) is 18. The van der Waals surface area contributed by atoms with Gasteiger partial charge in [0.15, 0.2) is 12.6 Å². The lowest BCUT2D eigenvalue weighted by Gasteiger charge is -2.42. The van der Waals surface area contributed by atoms with Crippen molar-refractivity contribution in [3.8, 4) is 0 Å². The number of hydrogen-bond acceptors (Lipinski definition) is 14. The molecule has 0 radical (unpaired) electrons. The van der Waals surface area contributed by atoms with Crippen molar-refractivity contribution in [3.05, 3.63) is 60.8 Å². The van der Waals surface area contributed by atoms with E-state index in [0.29, 0.717) is 13.0 Å². The van der Waals surface area contributed by atoms with E-state index >= 15 is 0 Å². The average molecular weight is 981 g/mol. The average Bonchev–Trinajstić information content (AvgIpc) is 3.35. The highest BCUT2D eigenvalue weighted by Gasteiger charge is 2.47. The number of allylic oxidation sites excluding steroid dienone is 10. The fourth-order valence-electron chi connectivity index (χ4n) is 8.09. The zero-order valence-electron chi connectivity index (χ0n) is 42.5. The summed E-state index contributed by atoms with van der Waals surface area (Å²) in [5.74, 6) is -0.395. The first-order valence-electron chi connectivity index (χ1n) is 26.9. The molecular weight excluding hydrogens is 885 g/mol. The molecule has 11 atom stereocenters. The van der Waals surface area contributed by atoms with Crippen molar-refractivity contribution in [2.24, 2.45) is 0 Å². The van der Waals surface area contributed by atoms with Gasteiger partial charge in [-0.15, -0.1) is 0 Å². The molecule has 2 rings (SSSR count). The summed E-state index contributed by atoms with van der Waals surface area (Å²) in [6.07, 6.45) is 34.2. The lowest BCUT2D eigenvalue weighted by Crippen LogP contribution is -2.61. The number of rotatable bonds is 42. The maximum Gasteiger partial charge on any atom is 0.306 e. The van der Waals surface area contributed by atoms with Crippen LogP contribution in [0.1, 0.15) is 181 Å². The summed E-state index contributed by atoms with van der Waals surface area (Å²) in [5, 5.41) is 72.2. The third kappa shape index (κ3) is 29.7. The molecule has 0 spiro atoms. The summed E-state index contributed by atoms with van der Waals surface area (Å²) in [5.41, 5.74) is 0. The highest BCUT2D eigenvalue weighted by Crippen LogP contribution is 2.26. The second-order valence-corrected chi connectivity index (χ2v) is 18.7. The Morgan fingerprint density at radius 1 is 0.478 bits per heavy atom. The number of carbonyl (C=O) groups excluding carboxylic acids is 1. The molecule has 7 N–H and O–H groups in total. The first-order chi connectivity index (χ1) is 33.6. The molecule has 0 aromatic rings. The van der Waals surface area contributed by atoms with Crippen LogP contribution in [0, 0.1) is 0 Å². The predicted molar refractivity (Wildman–Crippen MR) is 270 cm³/mol.